The molecule has 42 heavy (non-hydrogen) atoms. The van der Waals surface area contributed by atoms with E-state index >= 15 is 0 Å². The maximum absolute atomic E-state index is 13.2. The van der Waals surface area contributed by atoms with Gasteiger partial charge in [0, 0.05) is 19.6 Å². The zero-order chi connectivity index (χ0) is 30.5. The average Bonchev–Trinajstić information content (AvgIpc) is 2.92. The number of anilines is 4. The number of carbonyl (C=O) groups is 2. The van der Waals surface area contributed by atoms with E-state index in [2.05, 4.69) is 41.5 Å². The number of thiocarbonyl (C=S) groups is 1. The van der Waals surface area contributed by atoms with Crippen molar-refractivity contribution >= 4 is 64.4 Å². The summed E-state index contributed by atoms with van der Waals surface area (Å²) >= 11 is 11.5. The van der Waals surface area contributed by atoms with Gasteiger partial charge in [0.25, 0.3) is 0 Å². The molecule has 3 rings (SSSR count). The van der Waals surface area contributed by atoms with Crippen LogP contribution in [0.15, 0.2) is 54.6 Å². The molecule has 0 bridgehead atoms. The van der Waals surface area contributed by atoms with Gasteiger partial charge in [-0.25, -0.2) is 4.79 Å². The number of para-hydroxylation sites is 1. The van der Waals surface area contributed by atoms with Crippen molar-refractivity contribution in [3.8, 4) is 0 Å². The van der Waals surface area contributed by atoms with E-state index in [0.29, 0.717) is 40.9 Å². The molecule has 0 radical (unpaired) electrons. The molecule has 1 atom stereocenters. The van der Waals surface area contributed by atoms with Gasteiger partial charge in [0.15, 0.2) is 11.2 Å². The molecule has 1 heterocycles. The zero-order valence-corrected chi connectivity index (χ0v) is 25.2. The SMILES string of the molecule is CC(C)(C)OC(=O)[C@H](Nc1nc(NCCCNC(=S)NCCC(=O)O)nc(Nc2ccccc2Cl)n1)c1ccccc1. The van der Waals surface area contributed by atoms with E-state index in [1.165, 1.54) is 0 Å². The van der Waals surface area contributed by atoms with E-state index < -0.39 is 23.6 Å². The molecule has 0 unspecified atom stereocenters. The molecular weight excluding hydrogens is 580 g/mol. The molecular formula is C28H35ClN8O4S. The quantitative estimate of drug-likeness (QED) is 0.0855. The van der Waals surface area contributed by atoms with Crippen molar-refractivity contribution in [3.63, 3.8) is 0 Å². The Labute approximate surface area is 255 Å². The van der Waals surface area contributed by atoms with Crippen LogP contribution in [-0.2, 0) is 14.3 Å². The summed E-state index contributed by atoms with van der Waals surface area (Å²) in [5.74, 6) is -0.765. The number of nitrogens with one attached hydrogen (secondary N) is 5. The van der Waals surface area contributed by atoms with Gasteiger partial charge >= 0.3 is 11.9 Å². The first-order valence-electron chi connectivity index (χ1n) is 13.3. The number of ether oxygens (including phenoxy) is 1. The van der Waals surface area contributed by atoms with Crippen molar-refractivity contribution < 1.29 is 19.4 Å². The monoisotopic (exact) mass is 614 g/mol. The number of aromatic nitrogens is 3. The standard InChI is InChI=1S/C28H35ClN8O4S/c1-28(2,3)41-23(40)22(18-10-5-4-6-11-18)34-26-36-24(30-15-9-16-31-27(42)32-17-14-21(38)39)35-25(37-26)33-20-13-8-7-12-19(20)29/h4-8,10-13,22H,9,14-17H2,1-3H3,(H,38,39)(H2,31,32,42)(H3,30,33,34,35,36,37)/t22-/m1/s1. The molecule has 0 aliphatic heterocycles. The molecule has 0 fully saturated rings. The van der Waals surface area contributed by atoms with Crippen LogP contribution in [0.1, 0.15) is 45.2 Å². The van der Waals surface area contributed by atoms with Gasteiger partial charge in [0.1, 0.15) is 5.60 Å². The molecule has 1 aromatic heterocycles. The van der Waals surface area contributed by atoms with Crippen LogP contribution in [-0.4, -0.2) is 62.3 Å². The second kappa shape index (κ2) is 15.7. The number of aliphatic carboxylic acids is 1. The highest BCUT2D eigenvalue weighted by atomic mass is 35.5. The van der Waals surface area contributed by atoms with Crippen molar-refractivity contribution in [1.82, 2.24) is 25.6 Å². The van der Waals surface area contributed by atoms with Crippen molar-refractivity contribution in [2.45, 2.75) is 45.3 Å². The molecule has 0 aliphatic carbocycles. The second-order valence-corrected chi connectivity index (χ2v) is 10.9. The number of nitrogens with zero attached hydrogens (tertiary/aromatic N) is 3. The van der Waals surface area contributed by atoms with E-state index in [1.54, 1.807) is 32.9 Å². The Morgan fingerprint density at radius 1 is 0.929 bits per heavy atom. The topological polar surface area (TPSA) is 162 Å². The Morgan fingerprint density at radius 3 is 2.26 bits per heavy atom. The maximum Gasteiger partial charge on any atom is 0.333 e. The van der Waals surface area contributed by atoms with E-state index in [9.17, 15) is 9.59 Å². The van der Waals surface area contributed by atoms with Gasteiger partial charge in [0.05, 0.1) is 17.1 Å². The summed E-state index contributed by atoms with van der Waals surface area (Å²) in [5.41, 5.74) is 0.583. The molecule has 224 valence electrons. The lowest BCUT2D eigenvalue weighted by molar-refractivity contribution is -0.156. The first-order chi connectivity index (χ1) is 20.0. The lowest BCUT2D eigenvalue weighted by Crippen LogP contribution is -2.37. The molecule has 0 saturated heterocycles. The third-order valence-electron chi connectivity index (χ3n) is 5.35. The Kier molecular flexibility index (Phi) is 12.1. The van der Waals surface area contributed by atoms with Gasteiger partial charge in [-0.2, -0.15) is 15.0 Å². The Bertz CT molecular complexity index is 1360. The summed E-state index contributed by atoms with van der Waals surface area (Å²) < 4.78 is 5.67. The van der Waals surface area contributed by atoms with Crippen molar-refractivity contribution in [2.24, 2.45) is 0 Å². The fourth-order valence-corrected chi connectivity index (χ4v) is 3.90. The van der Waals surface area contributed by atoms with E-state index in [1.807, 2.05) is 42.5 Å². The molecule has 6 N–H and O–H groups in total. The summed E-state index contributed by atoms with van der Waals surface area (Å²) in [6.45, 7) is 6.66. The minimum Gasteiger partial charge on any atom is -0.481 e. The summed E-state index contributed by atoms with van der Waals surface area (Å²) in [5, 5.41) is 24.8. The largest absolute Gasteiger partial charge is 0.481 e. The van der Waals surface area contributed by atoms with E-state index in [0.717, 1.165) is 0 Å². The molecule has 0 amide bonds. The predicted molar refractivity (Wildman–Crippen MR) is 167 cm³/mol. The Hall–Kier alpha value is -4.23. The number of halogens is 1. The first-order valence-corrected chi connectivity index (χ1v) is 14.1. The molecule has 0 spiro atoms. The minimum atomic E-state index is -0.898. The normalized spacial score (nSPS) is 11.6. The second-order valence-electron chi connectivity index (χ2n) is 10.0. The average molecular weight is 615 g/mol. The number of carboxylic acids is 1. The fourth-order valence-electron chi connectivity index (χ4n) is 3.51. The van der Waals surface area contributed by atoms with Gasteiger partial charge in [-0.1, -0.05) is 54.1 Å². The van der Waals surface area contributed by atoms with Crippen LogP contribution in [0, 0.1) is 0 Å². The van der Waals surface area contributed by atoms with Crippen molar-refractivity contribution in [3.05, 3.63) is 65.2 Å². The number of carboxylic acid groups (broad SMARTS) is 1. The predicted octanol–water partition coefficient (Wildman–Crippen LogP) is 4.50. The third-order valence-corrected chi connectivity index (χ3v) is 5.97. The first kappa shape index (κ1) is 32.3. The van der Waals surface area contributed by atoms with E-state index in [4.69, 9.17) is 33.7 Å². The number of carbonyl (C=O) groups excluding carboxylic acids is 1. The van der Waals surface area contributed by atoms with Gasteiger partial charge in [-0.05, 0) is 57.1 Å². The van der Waals surface area contributed by atoms with Crippen molar-refractivity contribution in [1.29, 1.82) is 0 Å². The lowest BCUT2D eigenvalue weighted by atomic mass is 10.1. The molecule has 3 aromatic rings. The molecule has 2 aromatic carbocycles. The van der Waals surface area contributed by atoms with E-state index in [-0.39, 0.29) is 30.8 Å². The Balaban J connectivity index is 1.76. The van der Waals surface area contributed by atoms with Crippen LogP contribution in [0.3, 0.4) is 0 Å². The number of benzene rings is 2. The number of hydrogen-bond acceptors (Lipinski definition) is 10. The highest BCUT2D eigenvalue weighted by Crippen LogP contribution is 2.26. The highest BCUT2D eigenvalue weighted by Gasteiger charge is 2.28. The van der Waals surface area contributed by atoms with Gasteiger partial charge in [0.2, 0.25) is 17.8 Å². The number of hydrogen-bond donors (Lipinski definition) is 6. The van der Waals surface area contributed by atoms with Gasteiger partial charge in [-0.15, -0.1) is 0 Å². The van der Waals surface area contributed by atoms with Crippen LogP contribution in [0.5, 0.6) is 0 Å². The number of esters is 1. The third kappa shape index (κ3) is 11.3. The summed E-state index contributed by atoms with van der Waals surface area (Å²) in [4.78, 5) is 37.3. The summed E-state index contributed by atoms with van der Waals surface area (Å²) in [6.07, 6.45) is 0.621. The minimum absolute atomic E-state index is 0.0251. The van der Waals surface area contributed by atoms with Gasteiger partial charge in [-0.3, -0.25) is 4.79 Å². The summed E-state index contributed by atoms with van der Waals surface area (Å²) in [7, 11) is 0. The summed E-state index contributed by atoms with van der Waals surface area (Å²) in [6, 6.07) is 15.5. The van der Waals surface area contributed by atoms with Crippen LogP contribution >= 0.6 is 23.8 Å². The van der Waals surface area contributed by atoms with Crippen LogP contribution in [0.4, 0.5) is 23.5 Å². The smallest absolute Gasteiger partial charge is 0.333 e. The maximum atomic E-state index is 13.2. The van der Waals surface area contributed by atoms with Gasteiger partial charge < -0.3 is 36.4 Å². The Morgan fingerprint density at radius 2 is 1.57 bits per heavy atom. The van der Waals surface area contributed by atoms with Crippen LogP contribution < -0.4 is 26.6 Å². The molecule has 12 nitrogen and oxygen atoms in total. The highest BCUT2D eigenvalue weighted by molar-refractivity contribution is 7.80. The van der Waals surface area contributed by atoms with Crippen molar-refractivity contribution in [2.75, 3.05) is 35.6 Å². The van der Waals surface area contributed by atoms with Crippen LogP contribution in [0.25, 0.3) is 0 Å². The molecule has 14 heteroatoms. The lowest BCUT2D eigenvalue weighted by Gasteiger charge is -2.25. The zero-order valence-electron chi connectivity index (χ0n) is 23.6. The van der Waals surface area contributed by atoms with Crippen LogP contribution in [0.2, 0.25) is 5.02 Å². The fraction of sp³-hybridized carbons (Fsp3) is 0.357. The molecule has 0 saturated carbocycles. The number of rotatable bonds is 14. The molecule has 0 aliphatic rings.